The van der Waals surface area contributed by atoms with Gasteiger partial charge in [0.1, 0.15) is 0 Å². The molecule has 0 aliphatic carbocycles. The van der Waals surface area contributed by atoms with Gasteiger partial charge in [0.05, 0.1) is 0 Å². The maximum absolute atomic E-state index is 12.2. The minimum atomic E-state index is -5.58. The Morgan fingerprint density at radius 1 is 1.20 bits per heavy atom. The molecule has 0 amide bonds. The summed E-state index contributed by atoms with van der Waals surface area (Å²) in [4.78, 5) is 2.88. The van der Waals surface area contributed by atoms with Crippen LogP contribution in [0, 0.1) is 0 Å². The van der Waals surface area contributed by atoms with Crippen LogP contribution in [0.1, 0.15) is 0 Å². The van der Waals surface area contributed by atoms with Gasteiger partial charge in [0, 0.05) is 6.20 Å². The standard InChI is InChI=1S/C6H3BF6NO/c8-6(9,10)15-5-4(7(11,12)13)2-1-3-14-5/h1-3H/q-1. The zero-order chi connectivity index (χ0) is 11.7. The highest BCUT2D eigenvalue weighted by Crippen LogP contribution is 2.22. The zero-order valence-electron chi connectivity index (χ0n) is 6.93. The van der Waals surface area contributed by atoms with E-state index in [0.29, 0.717) is 6.07 Å². The van der Waals surface area contributed by atoms with Gasteiger partial charge < -0.3 is 17.7 Å². The number of hydrogen-bond donors (Lipinski definition) is 0. The van der Waals surface area contributed by atoms with Crippen molar-refractivity contribution in [1.29, 1.82) is 0 Å². The molecule has 0 aromatic carbocycles. The first-order valence-corrected chi connectivity index (χ1v) is 3.61. The fourth-order valence-electron chi connectivity index (χ4n) is 0.847. The van der Waals surface area contributed by atoms with Crippen LogP contribution in [0.3, 0.4) is 0 Å². The third kappa shape index (κ3) is 3.33. The summed E-state index contributed by atoms with van der Waals surface area (Å²) >= 11 is 0. The van der Waals surface area contributed by atoms with E-state index in [1.807, 2.05) is 0 Å². The van der Waals surface area contributed by atoms with Crippen molar-refractivity contribution in [3.8, 4) is 5.88 Å². The molecule has 15 heavy (non-hydrogen) atoms. The Morgan fingerprint density at radius 3 is 2.27 bits per heavy atom. The summed E-state index contributed by atoms with van der Waals surface area (Å²) in [5, 5.41) is 0. The Kier molecular flexibility index (Phi) is 2.82. The van der Waals surface area contributed by atoms with Gasteiger partial charge in [-0.25, -0.2) is 4.98 Å². The van der Waals surface area contributed by atoms with Crippen LogP contribution in [0.2, 0.25) is 0 Å². The Bertz CT molecular complexity index is 348. The lowest BCUT2D eigenvalue weighted by Gasteiger charge is -2.18. The summed E-state index contributed by atoms with van der Waals surface area (Å²) in [6, 6.07) is 1.36. The maximum Gasteiger partial charge on any atom is 0.574 e. The van der Waals surface area contributed by atoms with E-state index in [1.165, 1.54) is 0 Å². The van der Waals surface area contributed by atoms with Gasteiger partial charge in [0.15, 0.2) is 5.88 Å². The number of pyridine rings is 1. The Labute approximate surface area is 79.9 Å². The SMILES string of the molecule is F[B-](F)(F)c1cccnc1OC(F)(F)F. The lowest BCUT2D eigenvalue weighted by molar-refractivity contribution is -0.275. The molecule has 0 atom stereocenters. The molecule has 0 saturated heterocycles. The Balaban J connectivity index is 3.08. The van der Waals surface area contributed by atoms with Gasteiger partial charge in [-0.1, -0.05) is 6.07 Å². The van der Waals surface area contributed by atoms with Crippen molar-refractivity contribution < 1.29 is 30.9 Å². The smallest absolute Gasteiger partial charge is 0.445 e. The molecule has 0 saturated carbocycles. The largest absolute Gasteiger partial charge is 0.574 e. The average Bonchev–Trinajstić information content (AvgIpc) is 1.99. The zero-order valence-corrected chi connectivity index (χ0v) is 6.93. The van der Waals surface area contributed by atoms with E-state index in [9.17, 15) is 26.1 Å². The van der Waals surface area contributed by atoms with Gasteiger partial charge in [-0.2, -0.15) is 0 Å². The van der Waals surface area contributed by atoms with Gasteiger partial charge in [0.2, 0.25) is 0 Å². The van der Waals surface area contributed by atoms with E-state index in [-0.39, 0.29) is 0 Å². The van der Waals surface area contributed by atoms with Crippen molar-refractivity contribution >= 4 is 12.4 Å². The van der Waals surface area contributed by atoms with Crippen molar-refractivity contribution in [3.63, 3.8) is 0 Å². The molecule has 1 heterocycles. The molecule has 0 fully saturated rings. The molecular weight excluding hydrogens is 227 g/mol. The third-order valence-electron chi connectivity index (χ3n) is 1.37. The monoisotopic (exact) mass is 230 g/mol. The molecule has 0 bridgehead atoms. The van der Waals surface area contributed by atoms with Crippen molar-refractivity contribution in [2.75, 3.05) is 0 Å². The van der Waals surface area contributed by atoms with Gasteiger partial charge in [-0.15, -0.1) is 13.2 Å². The van der Waals surface area contributed by atoms with Gasteiger partial charge in [0.25, 0.3) is 0 Å². The average molecular weight is 230 g/mol. The summed E-state index contributed by atoms with van der Waals surface area (Å²) in [5.41, 5.74) is -1.50. The van der Waals surface area contributed by atoms with Crippen LogP contribution in [0.25, 0.3) is 0 Å². The normalized spacial score (nSPS) is 12.7. The van der Waals surface area contributed by atoms with E-state index >= 15 is 0 Å². The summed E-state index contributed by atoms with van der Waals surface area (Å²) in [5.74, 6) is -1.47. The third-order valence-corrected chi connectivity index (χ3v) is 1.37. The van der Waals surface area contributed by atoms with Crippen molar-refractivity contribution in [3.05, 3.63) is 18.3 Å². The molecule has 0 aliphatic rings. The van der Waals surface area contributed by atoms with E-state index in [2.05, 4.69) is 9.72 Å². The number of ether oxygens (including phenoxy) is 1. The molecule has 0 radical (unpaired) electrons. The molecule has 2 nitrogen and oxygen atoms in total. The van der Waals surface area contributed by atoms with E-state index in [1.54, 1.807) is 0 Å². The first-order chi connectivity index (χ1) is 6.70. The van der Waals surface area contributed by atoms with Crippen LogP contribution in [-0.2, 0) is 0 Å². The maximum atomic E-state index is 12.2. The van der Waals surface area contributed by atoms with E-state index < -0.39 is 24.7 Å². The molecule has 1 rings (SSSR count). The summed E-state index contributed by atoms with van der Waals surface area (Å²) in [6.07, 6.45) is -4.41. The van der Waals surface area contributed by atoms with E-state index in [4.69, 9.17) is 0 Å². The molecule has 0 N–H and O–H groups in total. The number of aromatic nitrogens is 1. The van der Waals surface area contributed by atoms with E-state index in [0.717, 1.165) is 12.3 Å². The number of alkyl halides is 3. The van der Waals surface area contributed by atoms with Crippen LogP contribution >= 0.6 is 0 Å². The molecule has 0 spiro atoms. The molecule has 1 aromatic rings. The summed E-state index contributed by atoms with van der Waals surface area (Å²) in [6.45, 7) is -5.58. The number of hydrogen-bond acceptors (Lipinski definition) is 2. The fraction of sp³-hybridized carbons (Fsp3) is 0.167. The fourth-order valence-corrected chi connectivity index (χ4v) is 0.847. The second kappa shape index (κ2) is 3.63. The van der Waals surface area contributed by atoms with Crippen molar-refractivity contribution in [1.82, 2.24) is 4.98 Å². The van der Waals surface area contributed by atoms with Crippen LogP contribution in [0.4, 0.5) is 26.1 Å². The minimum absolute atomic E-state index is 0.480. The second-order valence-electron chi connectivity index (χ2n) is 2.52. The first-order valence-electron chi connectivity index (χ1n) is 3.61. The van der Waals surface area contributed by atoms with Crippen molar-refractivity contribution in [2.45, 2.75) is 6.36 Å². The quantitative estimate of drug-likeness (QED) is 0.572. The van der Waals surface area contributed by atoms with Gasteiger partial charge >= 0.3 is 13.3 Å². The molecule has 0 aliphatic heterocycles. The molecule has 84 valence electrons. The predicted octanol–water partition coefficient (Wildman–Crippen LogP) is 2.03. The van der Waals surface area contributed by atoms with Crippen LogP contribution in [-0.4, -0.2) is 18.3 Å². The molecular formula is C6H3BF6NO-. The molecule has 1 aromatic heterocycles. The topological polar surface area (TPSA) is 22.1 Å². The highest BCUT2D eigenvalue weighted by molar-refractivity contribution is 6.74. The Morgan fingerprint density at radius 2 is 1.80 bits per heavy atom. The number of nitrogens with zero attached hydrogens (tertiary/aromatic N) is 1. The lowest BCUT2D eigenvalue weighted by Crippen LogP contribution is -2.37. The molecule has 0 unspecified atom stereocenters. The predicted molar refractivity (Wildman–Crippen MR) is 39.6 cm³/mol. The van der Waals surface area contributed by atoms with Crippen LogP contribution in [0.15, 0.2) is 18.3 Å². The Hall–Kier alpha value is -1.41. The lowest BCUT2D eigenvalue weighted by atomic mass is 9.81. The van der Waals surface area contributed by atoms with Crippen molar-refractivity contribution in [2.24, 2.45) is 0 Å². The number of halogens is 6. The first kappa shape index (κ1) is 11.7. The number of rotatable bonds is 2. The second-order valence-corrected chi connectivity index (χ2v) is 2.52. The highest BCUT2D eigenvalue weighted by atomic mass is 19.4. The van der Waals surface area contributed by atoms with Crippen LogP contribution < -0.4 is 10.2 Å². The summed E-state index contributed by atoms with van der Waals surface area (Å²) in [7, 11) is 0. The summed E-state index contributed by atoms with van der Waals surface area (Å²) < 4.78 is 74.8. The van der Waals surface area contributed by atoms with Gasteiger partial charge in [-0.05, 0) is 11.5 Å². The molecule has 9 heteroatoms. The minimum Gasteiger partial charge on any atom is -0.445 e. The highest BCUT2D eigenvalue weighted by Gasteiger charge is 2.36. The van der Waals surface area contributed by atoms with Gasteiger partial charge in [-0.3, -0.25) is 0 Å². The van der Waals surface area contributed by atoms with Crippen LogP contribution in [0.5, 0.6) is 5.88 Å².